The van der Waals surface area contributed by atoms with Crippen LogP contribution in [0.4, 0.5) is 0 Å². The van der Waals surface area contributed by atoms with Gasteiger partial charge in [-0.3, -0.25) is 14.5 Å². The van der Waals surface area contributed by atoms with Gasteiger partial charge in [-0.2, -0.15) is 0 Å². The zero-order chi connectivity index (χ0) is 15.6. The number of carbonyl (C=O) groups is 2. The molecule has 1 aliphatic heterocycles. The molecule has 21 heavy (non-hydrogen) atoms. The van der Waals surface area contributed by atoms with Crippen molar-refractivity contribution in [2.75, 3.05) is 26.2 Å². The van der Waals surface area contributed by atoms with Crippen LogP contribution in [0.15, 0.2) is 22.7 Å². The van der Waals surface area contributed by atoms with E-state index in [0.717, 1.165) is 0 Å². The highest BCUT2D eigenvalue weighted by Crippen LogP contribution is 2.24. The van der Waals surface area contributed by atoms with Gasteiger partial charge in [-0.25, -0.2) is 0 Å². The number of hydrogen-bond donors (Lipinski definition) is 2. The van der Waals surface area contributed by atoms with Gasteiger partial charge in [-0.1, -0.05) is 15.9 Å². The number of phenols is 1. The summed E-state index contributed by atoms with van der Waals surface area (Å²) in [5.41, 5.74) is 0.262. The molecule has 0 aromatic heterocycles. The van der Waals surface area contributed by atoms with E-state index >= 15 is 0 Å². The minimum atomic E-state index is -0.861. The number of carboxylic acids is 1. The fourth-order valence-electron chi connectivity index (χ4n) is 2.32. The number of aliphatic carboxylic acids is 1. The van der Waals surface area contributed by atoms with Crippen LogP contribution in [0.3, 0.4) is 0 Å². The van der Waals surface area contributed by atoms with Crippen LogP contribution in [0.5, 0.6) is 5.75 Å². The van der Waals surface area contributed by atoms with E-state index in [4.69, 9.17) is 5.11 Å². The van der Waals surface area contributed by atoms with Crippen molar-refractivity contribution in [2.24, 2.45) is 0 Å². The molecule has 1 amide bonds. The highest BCUT2D eigenvalue weighted by Gasteiger charge is 2.28. The summed E-state index contributed by atoms with van der Waals surface area (Å²) in [5, 5.41) is 18.8. The van der Waals surface area contributed by atoms with Gasteiger partial charge in [0.2, 0.25) is 0 Å². The number of aromatic hydroxyl groups is 1. The Morgan fingerprint density at radius 2 is 1.86 bits per heavy atom. The van der Waals surface area contributed by atoms with Crippen molar-refractivity contribution in [1.29, 1.82) is 0 Å². The number of nitrogens with zero attached hydrogens (tertiary/aromatic N) is 2. The largest absolute Gasteiger partial charge is 0.507 e. The molecule has 1 unspecified atom stereocenters. The predicted octanol–water partition coefficient (Wildman–Crippen LogP) is 1.39. The number of amides is 1. The summed E-state index contributed by atoms with van der Waals surface area (Å²) in [4.78, 5) is 26.8. The standard InChI is InChI=1S/C14H17BrN2O4/c1-9(14(20)21)16-4-6-17(7-5-16)13(19)11-3-2-10(15)8-12(11)18/h2-3,8-9,18H,4-7H2,1H3,(H,20,21). The normalized spacial score (nSPS) is 17.5. The Hall–Kier alpha value is -1.60. The molecular formula is C14H17BrN2O4. The number of rotatable bonds is 3. The van der Waals surface area contributed by atoms with Gasteiger partial charge in [-0.05, 0) is 25.1 Å². The lowest BCUT2D eigenvalue weighted by molar-refractivity contribution is -0.143. The Labute approximate surface area is 131 Å². The monoisotopic (exact) mass is 356 g/mol. The van der Waals surface area contributed by atoms with Gasteiger partial charge >= 0.3 is 5.97 Å². The molecule has 6 nitrogen and oxygen atoms in total. The molecule has 114 valence electrons. The first kappa shape index (κ1) is 15.8. The molecule has 1 aromatic carbocycles. The van der Waals surface area contributed by atoms with Crippen LogP contribution in [0.2, 0.25) is 0 Å². The van der Waals surface area contributed by atoms with Crippen LogP contribution in [0.1, 0.15) is 17.3 Å². The number of piperazine rings is 1. The SMILES string of the molecule is CC(C(=O)O)N1CCN(C(=O)c2ccc(Br)cc2O)CC1. The molecule has 1 atom stereocenters. The first-order chi connectivity index (χ1) is 9.90. The van der Waals surface area contributed by atoms with E-state index in [1.54, 1.807) is 24.0 Å². The maximum Gasteiger partial charge on any atom is 0.320 e. The van der Waals surface area contributed by atoms with Crippen LogP contribution in [-0.4, -0.2) is 64.1 Å². The molecule has 1 fully saturated rings. The molecule has 0 spiro atoms. The number of phenolic OH excluding ortho intramolecular Hbond substituents is 1. The summed E-state index contributed by atoms with van der Waals surface area (Å²) < 4.78 is 0.705. The summed E-state index contributed by atoms with van der Waals surface area (Å²) in [6.07, 6.45) is 0. The fourth-order valence-corrected chi connectivity index (χ4v) is 2.67. The number of carboxylic acid groups (broad SMARTS) is 1. The highest BCUT2D eigenvalue weighted by molar-refractivity contribution is 9.10. The molecule has 1 heterocycles. The predicted molar refractivity (Wildman–Crippen MR) is 80.4 cm³/mol. The second kappa shape index (κ2) is 6.44. The van der Waals surface area contributed by atoms with Crippen LogP contribution in [-0.2, 0) is 4.79 Å². The van der Waals surface area contributed by atoms with Gasteiger partial charge in [0, 0.05) is 30.7 Å². The Kier molecular flexibility index (Phi) is 4.84. The smallest absolute Gasteiger partial charge is 0.320 e. The Balaban J connectivity index is 2.02. The van der Waals surface area contributed by atoms with E-state index in [-0.39, 0.29) is 17.2 Å². The van der Waals surface area contributed by atoms with Gasteiger partial charge in [0.15, 0.2) is 0 Å². The average molecular weight is 357 g/mol. The third-order valence-corrected chi connectivity index (χ3v) is 4.19. The topological polar surface area (TPSA) is 81.1 Å². The Bertz CT molecular complexity index is 556. The molecule has 7 heteroatoms. The summed E-state index contributed by atoms with van der Waals surface area (Å²) in [5.74, 6) is -1.15. The van der Waals surface area contributed by atoms with Gasteiger partial charge in [0.1, 0.15) is 11.8 Å². The lowest BCUT2D eigenvalue weighted by Crippen LogP contribution is -2.53. The van der Waals surface area contributed by atoms with Gasteiger partial charge in [0.25, 0.3) is 5.91 Å². The summed E-state index contributed by atoms with van der Waals surface area (Å²) >= 11 is 3.23. The van der Waals surface area contributed by atoms with Gasteiger partial charge in [-0.15, -0.1) is 0 Å². The minimum Gasteiger partial charge on any atom is -0.507 e. The Morgan fingerprint density at radius 3 is 2.38 bits per heavy atom. The van der Waals surface area contributed by atoms with Crippen molar-refractivity contribution in [1.82, 2.24) is 9.80 Å². The summed E-state index contributed by atoms with van der Waals surface area (Å²) in [6, 6.07) is 4.21. The Morgan fingerprint density at radius 1 is 1.24 bits per heavy atom. The molecular weight excluding hydrogens is 340 g/mol. The van der Waals surface area contributed by atoms with Crippen molar-refractivity contribution in [3.05, 3.63) is 28.2 Å². The van der Waals surface area contributed by atoms with E-state index in [2.05, 4.69) is 15.9 Å². The maximum absolute atomic E-state index is 12.4. The number of halogens is 1. The molecule has 0 bridgehead atoms. The first-order valence-electron chi connectivity index (χ1n) is 6.65. The van der Waals surface area contributed by atoms with E-state index in [1.165, 1.54) is 6.07 Å². The van der Waals surface area contributed by atoms with Gasteiger partial charge < -0.3 is 15.1 Å². The highest BCUT2D eigenvalue weighted by atomic mass is 79.9. The first-order valence-corrected chi connectivity index (χ1v) is 7.44. The zero-order valence-corrected chi connectivity index (χ0v) is 13.2. The second-order valence-corrected chi connectivity index (χ2v) is 5.92. The quantitative estimate of drug-likeness (QED) is 0.855. The van der Waals surface area contributed by atoms with Crippen molar-refractivity contribution in [2.45, 2.75) is 13.0 Å². The number of carbonyl (C=O) groups excluding carboxylic acids is 1. The van der Waals surface area contributed by atoms with Crippen LogP contribution in [0, 0.1) is 0 Å². The van der Waals surface area contributed by atoms with Crippen molar-refractivity contribution < 1.29 is 19.8 Å². The lowest BCUT2D eigenvalue weighted by atomic mass is 10.1. The molecule has 1 aliphatic rings. The van der Waals surface area contributed by atoms with Crippen LogP contribution in [0.25, 0.3) is 0 Å². The fraction of sp³-hybridized carbons (Fsp3) is 0.429. The molecule has 1 saturated heterocycles. The van der Waals surface area contributed by atoms with Crippen molar-refractivity contribution in [3.8, 4) is 5.75 Å². The minimum absolute atomic E-state index is 0.0595. The molecule has 2 rings (SSSR count). The molecule has 2 N–H and O–H groups in total. The van der Waals surface area contributed by atoms with Crippen molar-refractivity contribution in [3.63, 3.8) is 0 Å². The second-order valence-electron chi connectivity index (χ2n) is 5.00. The zero-order valence-electron chi connectivity index (χ0n) is 11.6. The van der Waals surface area contributed by atoms with E-state index in [9.17, 15) is 14.7 Å². The third kappa shape index (κ3) is 3.54. The van der Waals surface area contributed by atoms with E-state index < -0.39 is 12.0 Å². The number of benzene rings is 1. The maximum atomic E-state index is 12.4. The molecule has 0 saturated carbocycles. The van der Waals surface area contributed by atoms with E-state index in [1.807, 2.05) is 4.90 Å². The van der Waals surface area contributed by atoms with Crippen LogP contribution < -0.4 is 0 Å². The number of hydrogen-bond acceptors (Lipinski definition) is 4. The summed E-state index contributed by atoms with van der Waals surface area (Å²) in [7, 11) is 0. The molecule has 0 aliphatic carbocycles. The lowest BCUT2D eigenvalue weighted by Gasteiger charge is -2.36. The average Bonchev–Trinajstić information content (AvgIpc) is 2.46. The molecule has 1 aromatic rings. The van der Waals surface area contributed by atoms with Crippen LogP contribution >= 0.6 is 15.9 Å². The third-order valence-electron chi connectivity index (χ3n) is 3.70. The molecule has 0 radical (unpaired) electrons. The van der Waals surface area contributed by atoms with Gasteiger partial charge in [0.05, 0.1) is 5.56 Å². The summed E-state index contributed by atoms with van der Waals surface area (Å²) in [6.45, 7) is 3.56. The van der Waals surface area contributed by atoms with E-state index in [0.29, 0.717) is 30.7 Å². The van der Waals surface area contributed by atoms with Crippen molar-refractivity contribution >= 4 is 27.8 Å².